The molecule has 0 fully saturated rings. The highest BCUT2D eigenvalue weighted by molar-refractivity contribution is 7.14. The van der Waals surface area contributed by atoms with Gasteiger partial charge in [-0.05, 0) is 79.2 Å². The van der Waals surface area contributed by atoms with Crippen molar-refractivity contribution in [3.63, 3.8) is 0 Å². The summed E-state index contributed by atoms with van der Waals surface area (Å²) in [4.78, 5) is 115. The van der Waals surface area contributed by atoms with Gasteiger partial charge in [0.1, 0.15) is 45.8 Å². The van der Waals surface area contributed by atoms with Gasteiger partial charge >= 0.3 is 0 Å². The number of nitrogens with one attached hydrogen (secondary N) is 9. The molecule has 21 N–H and O–H groups in total. The molecule has 7 amide bonds. The second-order valence-electron chi connectivity index (χ2n) is 18.4. The molecule has 0 aromatic carbocycles. The zero-order chi connectivity index (χ0) is 56.6. The summed E-state index contributed by atoms with van der Waals surface area (Å²) in [5.41, 5.74) is 29.3. The van der Waals surface area contributed by atoms with Crippen LogP contribution in [-0.4, -0.2) is 170 Å². The minimum atomic E-state index is -1.54. The summed E-state index contributed by atoms with van der Waals surface area (Å²) >= 11 is 2.63. The fourth-order valence-electron chi connectivity index (χ4n) is 7.40. The lowest BCUT2D eigenvalue weighted by molar-refractivity contribution is -0.136. The second-order valence-corrected chi connectivity index (χ2v) is 20.2. The van der Waals surface area contributed by atoms with Gasteiger partial charge in [-0.1, -0.05) is 6.92 Å². The number of aromatic nitrogens is 6. The van der Waals surface area contributed by atoms with Crippen molar-refractivity contribution in [2.45, 2.75) is 115 Å². The highest BCUT2D eigenvalue weighted by atomic mass is 32.1. The molecule has 77 heavy (non-hydrogen) atoms. The van der Waals surface area contributed by atoms with E-state index in [-0.39, 0.29) is 54.7 Å². The number of nitrogen functional groups attached to an aromatic ring is 1. The minimum Gasteiger partial charge on any atom is -0.391 e. The first-order chi connectivity index (χ1) is 36.7. The van der Waals surface area contributed by atoms with Crippen molar-refractivity contribution in [3.05, 3.63) is 56.8 Å². The summed E-state index contributed by atoms with van der Waals surface area (Å²) in [5, 5.41) is 49.5. The van der Waals surface area contributed by atoms with E-state index in [4.69, 9.17) is 28.7 Å². The number of H-pyrrole nitrogens is 1. The summed E-state index contributed by atoms with van der Waals surface area (Å²) in [5.74, 6) is -6.56. The van der Waals surface area contributed by atoms with Crippen LogP contribution in [0, 0.1) is 12.8 Å². The summed E-state index contributed by atoms with van der Waals surface area (Å²) in [6.45, 7) is 10.3. The molecular formula is C47H75N19O9S2. The maximum atomic E-state index is 13.9. The van der Waals surface area contributed by atoms with Crippen LogP contribution in [0.4, 0.5) is 5.82 Å². The third-order valence-corrected chi connectivity index (χ3v) is 13.8. The average Bonchev–Trinajstić information content (AvgIpc) is 4.21. The maximum Gasteiger partial charge on any atom is 0.271 e. The van der Waals surface area contributed by atoms with Gasteiger partial charge < -0.3 is 86.4 Å². The number of aromatic amines is 1. The molecule has 0 saturated heterocycles. The standard InChI is InChI=1S/C47H75N19O9S2/c1-24-36(64-41(66-39(24)51)30(18-34(50)68)58-20-29(49)40(52)70)46(75)62-31(17-28-19-55-23-59-28)44(73)60-26(3)38(69)25(2)42(71)65-37(27(4)67)45(74)57-16-9-35-61-33(22-76-35)47-63-32(21-77-47)43(72)56-15-8-14-54-12-6-5-11-53-13-7-10-48/h19,21-23,25-27,29-31,37-38,53-54,58,67,69H,5-18,20,48-49H2,1-4H3,(H2,50,68)(H2,52,70)(H,55,59)(H,56,72)(H,57,74)(H,60,73)(H,62,75)(H,65,71)(H2,51,64,66)/t25-,26+,27+,29-,30-,31-,37-,38-/m0/s1. The van der Waals surface area contributed by atoms with E-state index in [0.717, 1.165) is 51.9 Å². The molecule has 30 heteroatoms. The van der Waals surface area contributed by atoms with Gasteiger partial charge in [-0.3, -0.25) is 33.6 Å². The fraction of sp³-hybridized carbons (Fsp3) is 0.574. The van der Waals surface area contributed by atoms with Crippen molar-refractivity contribution in [3.8, 4) is 10.7 Å². The number of hydrogen-bond acceptors (Lipinski definition) is 22. The molecular weight excluding hydrogens is 1040 g/mol. The van der Waals surface area contributed by atoms with Gasteiger partial charge in [0.25, 0.3) is 11.8 Å². The van der Waals surface area contributed by atoms with Crippen molar-refractivity contribution in [2.24, 2.45) is 28.9 Å². The third-order valence-electron chi connectivity index (χ3n) is 12.0. The molecule has 0 radical (unpaired) electrons. The smallest absolute Gasteiger partial charge is 0.271 e. The molecule has 0 bridgehead atoms. The number of amides is 7. The lowest BCUT2D eigenvalue weighted by Crippen LogP contribution is -2.57. The van der Waals surface area contributed by atoms with Gasteiger partial charge in [-0.25, -0.2) is 24.9 Å². The van der Waals surface area contributed by atoms with Crippen molar-refractivity contribution in [2.75, 3.05) is 58.1 Å². The van der Waals surface area contributed by atoms with E-state index < -0.39 is 83.8 Å². The van der Waals surface area contributed by atoms with Gasteiger partial charge in [0, 0.05) is 67.1 Å². The zero-order valence-corrected chi connectivity index (χ0v) is 45.4. The first-order valence-electron chi connectivity index (χ1n) is 25.2. The van der Waals surface area contributed by atoms with Gasteiger partial charge in [0.2, 0.25) is 29.5 Å². The minimum absolute atomic E-state index is 0.0984. The molecule has 4 aromatic rings. The molecule has 0 aliphatic carbocycles. The highest BCUT2D eigenvalue weighted by Gasteiger charge is 2.34. The number of aliphatic hydroxyl groups excluding tert-OH is 2. The van der Waals surface area contributed by atoms with Gasteiger partial charge in [-0.15, -0.1) is 22.7 Å². The largest absolute Gasteiger partial charge is 0.391 e. The maximum absolute atomic E-state index is 13.9. The predicted octanol–water partition coefficient (Wildman–Crippen LogP) is -3.52. The first-order valence-corrected chi connectivity index (χ1v) is 27.0. The summed E-state index contributed by atoms with van der Waals surface area (Å²) in [6.07, 6.45) is 3.60. The molecule has 4 rings (SSSR count). The van der Waals surface area contributed by atoms with Crippen LogP contribution in [0.3, 0.4) is 0 Å². The van der Waals surface area contributed by atoms with Crippen molar-refractivity contribution in [1.29, 1.82) is 0 Å². The number of carbonyl (C=O) groups excluding carboxylic acids is 7. The predicted molar refractivity (Wildman–Crippen MR) is 288 cm³/mol. The topological polar surface area (TPSA) is 467 Å². The van der Waals surface area contributed by atoms with Gasteiger partial charge in [-0.2, -0.15) is 0 Å². The van der Waals surface area contributed by atoms with Gasteiger partial charge in [0.05, 0.1) is 47.6 Å². The van der Waals surface area contributed by atoms with E-state index in [9.17, 15) is 43.8 Å². The zero-order valence-electron chi connectivity index (χ0n) is 43.7. The average molecular weight is 1110 g/mol. The normalized spacial score (nSPS) is 14.5. The van der Waals surface area contributed by atoms with Crippen LogP contribution < -0.4 is 71.2 Å². The number of unbranched alkanes of at least 4 members (excludes halogenated alkanes) is 1. The molecule has 28 nitrogen and oxygen atoms in total. The van der Waals surface area contributed by atoms with E-state index in [2.05, 4.69) is 72.4 Å². The first kappa shape index (κ1) is 62.9. The molecule has 0 aliphatic rings. The van der Waals surface area contributed by atoms with E-state index in [1.807, 2.05) is 0 Å². The third kappa shape index (κ3) is 20.7. The Morgan fingerprint density at radius 2 is 1.48 bits per heavy atom. The lowest BCUT2D eigenvalue weighted by Gasteiger charge is -2.29. The number of anilines is 1. The highest BCUT2D eigenvalue weighted by Crippen LogP contribution is 2.26. The number of imidazole rings is 1. The molecule has 0 saturated carbocycles. The SMILES string of the molecule is Cc1c(N)nc([C@H](CC(N)=O)NC[C@H](N)C(N)=O)nc1C(=O)N[C@@H](Cc1cnc[nH]1)C(=O)N[C@H](C)[C@@H](O)[C@H](C)C(=O)N[C@H](C(=O)NCCc1nc(-c2nc(C(=O)NCCCNCCCCNCCCN)cs2)cs1)[C@@H](C)O. The lowest BCUT2D eigenvalue weighted by atomic mass is 9.96. The Kier molecular flexibility index (Phi) is 26.3. The van der Waals surface area contributed by atoms with E-state index in [1.165, 1.54) is 62.9 Å². The van der Waals surface area contributed by atoms with E-state index in [0.29, 0.717) is 46.6 Å². The summed E-state index contributed by atoms with van der Waals surface area (Å²) in [7, 11) is 0. The van der Waals surface area contributed by atoms with E-state index >= 15 is 0 Å². The summed E-state index contributed by atoms with van der Waals surface area (Å²) in [6, 6.07) is -6.07. The Balaban J connectivity index is 1.28. The Labute approximate surface area is 453 Å². The summed E-state index contributed by atoms with van der Waals surface area (Å²) < 4.78 is 0. The number of nitrogens with two attached hydrogens (primary N) is 5. The van der Waals surface area contributed by atoms with E-state index in [1.54, 1.807) is 10.8 Å². The Morgan fingerprint density at radius 3 is 2.13 bits per heavy atom. The molecule has 4 heterocycles. The van der Waals surface area contributed by atoms with Crippen LogP contribution in [0.15, 0.2) is 23.3 Å². The van der Waals surface area contributed by atoms with Crippen LogP contribution in [0.5, 0.6) is 0 Å². The van der Waals surface area contributed by atoms with Crippen molar-refractivity contribution in [1.82, 2.24) is 72.4 Å². The second kappa shape index (κ2) is 32.2. The number of nitrogens with zero attached hydrogens (tertiary/aromatic N) is 5. The molecule has 0 unspecified atom stereocenters. The molecule has 424 valence electrons. The number of aliphatic hydroxyl groups is 2. The van der Waals surface area contributed by atoms with Crippen molar-refractivity contribution < 1.29 is 43.8 Å². The van der Waals surface area contributed by atoms with Gasteiger partial charge in [0.15, 0.2) is 0 Å². The Morgan fingerprint density at radius 1 is 0.779 bits per heavy atom. The Hall–Kier alpha value is -6.64. The molecule has 4 aromatic heterocycles. The van der Waals surface area contributed by atoms with Crippen molar-refractivity contribution >= 4 is 69.8 Å². The van der Waals surface area contributed by atoms with Crippen LogP contribution in [0.25, 0.3) is 10.7 Å². The number of thiazole rings is 2. The molecule has 8 atom stereocenters. The Bertz CT molecular complexity index is 2550. The number of carbonyl (C=O) groups is 7. The van der Waals surface area contributed by atoms with Crippen LogP contribution in [-0.2, 0) is 36.8 Å². The quantitative estimate of drug-likeness (QED) is 0.0196. The molecule has 0 spiro atoms. The van der Waals surface area contributed by atoms with Crippen LogP contribution >= 0.6 is 22.7 Å². The number of primary amides is 2. The number of rotatable bonds is 36. The van der Waals surface area contributed by atoms with Crippen LogP contribution in [0.2, 0.25) is 0 Å². The monoisotopic (exact) mass is 1110 g/mol. The fourth-order valence-corrected chi connectivity index (χ4v) is 9.02. The van der Waals surface area contributed by atoms with Crippen LogP contribution in [0.1, 0.15) is 102 Å². The molecule has 0 aliphatic heterocycles. The number of hydrogen-bond donors (Lipinski definition) is 16.